The maximum absolute atomic E-state index is 13.7. The van der Waals surface area contributed by atoms with Crippen molar-refractivity contribution in [3.63, 3.8) is 0 Å². The normalized spacial score (nSPS) is 13.8. The summed E-state index contributed by atoms with van der Waals surface area (Å²) in [4.78, 5) is 53.0. The standard InChI is InChI=1S/C28H23N7O7/c1-17-26(28(37)33(31(17)2)19-7-5-4-6-8-19)29-23-16-24(18-9-12-21(42-3)13-10-18)32(27(23)36)30-22-14-11-20(34(38)39)15-25(22)35(40)41/h4-16,30H,1-3H3. The monoisotopic (exact) mass is 569 g/mol. The van der Waals surface area contributed by atoms with Gasteiger partial charge in [-0.3, -0.25) is 39.9 Å². The maximum atomic E-state index is 13.7. The number of nitro groups is 2. The molecule has 0 saturated heterocycles. The van der Waals surface area contributed by atoms with Crippen molar-refractivity contribution in [2.75, 3.05) is 12.5 Å². The SMILES string of the molecule is COc1ccc(C2=CC(=Nc3c(C)n(C)n(-c4ccccc4)c3=O)C(=O)N2Nc2ccc([N+](=O)[O-])cc2[N+](=O)[O-])cc1. The lowest BCUT2D eigenvalue weighted by molar-refractivity contribution is -0.393. The smallest absolute Gasteiger partial charge is 0.300 e. The average Bonchev–Trinajstić information content (AvgIpc) is 3.40. The number of aromatic nitrogens is 2. The number of benzene rings is 3. The number of amides is 1. The van der Waals surface area contributed by atoms with Crippen molar-refractivity contribution in [3.05, 3.63) is 121 Å². The number of rotatable bonds is 8. The van der Waals surface area contributed by atoms with Crippen LogP contribution in [0.4, 0.5) is 22.7 Å². The summed E-state index contributed by atoms with van der Waals surface area (Å²) >= 11 is 0. The van der Waals surface area contributed by atoms with Crippen LogP contribution in [-0.4, -0.2) is 42.9 Å². The van der Waals surface area contributed by atoms with Crippen LogP contribution in [0.2, 0.25) is 0 Å². The minimum Gasteiger partial charge on any atom is -0.497 e. The summed E-state index contributed by atoms with van der Waals surface area (Å²) in [5.74, 6) is -0.146. The molecule has 1 aliphatic heterocycles. The first-order valence-electron chi connectivity index (χ1n) is 12.4. The average molecular weight is 570 g/mol. The second-order valence-electron chi connectivity index (χ2n) is 9.13. The highest BCUT2D eigenvalue weighted by molar-refractivity contribution is 6.49. The van der Waals surface area contributed by atoms with E-state index in [1.807, 2.05) is 6.07 Å². The minimum absolute atomic E-state index is 0.0400. The van der Waals surface area contributed by atoms with Gasteiger partial charge in [0.25, 0.3) is 17.2 Å². The van der Waals surface area contributed by atoms with Gasteiger partial charge in [-0.05, 0) is 55.5 Å². The third kappa shape index (κ3) is 4.88. The molecule has 0 fully saturated rings. The van der Waals surface area contributed by atoms with Gasteiger partial charge in [0.2, 0.25) is 0 Å². The molecule has 0 spiro atoms. The minimum atomic E-state index is -0.791. The lowest BCUT2D eigenvalue weighted by Gasteiger charge is -2.22. The molecule has 212 valence electrons. The molecule has 3 aromatic carbocycles. The van der Waals surface area contributed by atoms with Gasteiger partial charge in [-0.25, -0.2) is 14.7 Å². The Balaban J connectivity index is 1.62. The Morgan fingerprint density at radius 2 is 1.62 bits per heavy atom. The Morgan fingerprint density at radius 1 is 0.929 bits per heavy atom. The van der Waals surface area contributed by atoms with Crippen LogP contribution in [-0.2, 0) is 11.8 Å². The van der Waals surface area contributed by atoms with Crippen molar-refractivity contribution < 1.29 is 19.4 Å². The zero-order valence-corrected chi connectivity index (χ0v) is 22.5. The fraction of sp³-hybridized carbons (Fsp3) is 0.107. The van der Waals surface area contributed by atoms with Gasteiger partial charge in [-0.1, -0.05) is 18.2 Å². The Bertz CT molecular complexity index is 1860. The van der Waals surface area contributed by atoms with Crippen LogP contribution in [0.25, 0.3) is 11.4 Å². The number of nitrogens with one attached hydrogen (secondary N) is 1. The highest BCUT2D eigenvalue weighted by Gasteiger charge is 2.34. The number of hydrogen-bond acceptors (Lipinski definition) is 9. The molecule has 0 unspecified atom stereocenters. The van der Waals surface area contributed by atoms with Gasteiger partial charge in [-0.15, -0.1) is 0 Å². The first-order valence-corrected chi connectivity index (χ1v) is 12.4. The topological polar surface area (TPSA) is 167 Å². The second-order valence-corrected chi connectivity index (χ2v) is 9.13. The van der Waals surface area contributed by atoms with Crippen molar-refractivity contribution in [2.45, 2.75) is 6.92 Å². The van der Waals surface area contributed by atoms with Crippen molar-refractivity contribution in [1.29, 1.82) is 0 Å². The zero-order valence-electron chi connectivity index (χ0n) is 22.5. The number of carbonyl (C=O) groups is 1. The van der Waals surface area contributed by atoms with Gasteiger partial charge in [0.15, 0.2) is 5.69 Å². The summed E-state index contributed by atoms with van der Waals surface area (Å²) in [5, 5.41) is 24.0. The van der Waals surface area contributed by atoms with Crippen molar-refractivity contribution in [2.24, 2.45) is 12.0 Å². The number of ether oxygens (including phenoxy) is 1. The van der Waals surface area contributed by atoms with E-state index in [4.69, 9.17) is 4.74 Å². The number of carbonyl (C=O) groups excluding carboxylic acids is 1. The van der Waals surface area contributed by atoms with Gasteiger partial charge >= 0.3 is 5.69 Å². The third-order valence-corrected chi connectivity index (χ3v) is 6.70. The van der Waals surface area contributed by atoms with Crippen LogP contribution in [0, 0.1) is 27.2 Å². The summed E-state index contributed by atoms with van der Waals surface area (Å²) in [5.41, 5.74) is 2.86. The molecule has 0 bridgehead atoms. The van der Waals surface area contributed by atoms with Gasteiger partial charge in [0, 0.05) is 18.7 Å². The lowest BCUT2D eigenvalue weighted by Crippen LogP contribution is -2.34. The molecule has 14 heteroatoms. The van der Waals surface area contributed by atoms with Crippen LogP contribution in [0.1, 0.15) is 11.3 Å². The van der Waals surface area contributed by atoms with E-state index in [1.54, 1.807) is 67.2 Å². The van der Waals surface area contributed by atoms with E-state index >= 15 is 0 Å². The number of aliphatic imine (C=N–C) groups is 1. The number of methoxy groups -OCH3 is 1. The Morgan fingerprint density at radius 3 is 2.24 bits per heavy atom. The Labute approximate surface area is 237 Å². The molecule has 4 aromatic rings. The number of hydrazine groups is 1. The Hall–Kier alpha value is -6.05. The quantitative estimate of drug-likeness (QED) is 0.242. The predicted octanol–water partition coefficient (Wildman–Crippen LogP) is 4.29. The van der Waals surface area contributed by atoms with E-state index in [9.17, 15) is 29.8 Å². The third-order valence-electron chi connectivity index (χ3n) is 6.70. The van der Waals surface area contributed by atoms with Gasteiger partial charge in [0.1, 0.15) is 17.1 Å². The van der Waals surface area contributed by atoms with E-state index in [0.29, 0.717) is 22.7 Å². The maximum Gasteiger partial charge on any atom is 0.300 e. The molecule has 1 N–H and O–H groups in total. The number of nitrogens with zero attached hydrogens (tertiary/aromatic N) is 6. The summed E-state index contributed by atoms with van der Waals surface area (Å²) in [6.45, 7) is 1.70. The zero-order chi connectivity index (χ0) is 30.1. The largest absolute Gasteiger partial charge is 0.497 e. The number of non-ortho nitro benzene ring substituents is 1. The fourth-order valence-corrected chi connectivity index (χ4v) is 4.45. The molecular formula is C28H23N7O7. The molecular weight excluding hydrogens is 546 g/mol. The predicted molar refractivity (Wildman–Crippen MR) is 154 cm³/mol. The number of nitro benzene ring substituents is 2. The van der Waals surface area contributed by atoms with Crippen LogP contribution in [0.15, 0.2) is 88.7 Å². The highest BCUT2D eigenvalue weighted by atomic mass is 16.6. The molecule has 0 aliphatic carbocycles. The highest BCUT2D eigenvalue weighted by Crippen LogP contribution is 2.34. The number of anilines is 1. The van der Waals surface area contributed by atoms with E-state index in [0.717, 1.165) is 23.2 Å². The van der Waals surface area contributed by atoms with Gasteiger partial charge < -0.3 is 4.74 Å². The van der Waals surface area contributed by atoms with Crippen LogP contribution in [0.3, 0.4) is 0 Å². The molecule has 2 heterocycles. The van der Waals surface area contributed by atoms with Gasteiger partial charge in [0.05, 0.1) is 40.1 Å². The molecule has 1 amide bonds. The lowest BCUT2D eigenvalue weighted by atomic mass is 10.1. The second kappa shape index (κ2) is 10.8. The van der Waals surface area contributed by atoms with E-state index in [-0.39, 0.29) is 22.8 Å². The van der Waals surface area contributed by atoms with E-state index < -0.39 is 32.7 Å². The summed E-state index contributed by atoms with van der Waals surface area (Å²) in [6, 6.07) is 18.7. The van der Waals surface area contributed by atoms with Crippen molar-refractivity contribution in [1.82, 2.24) is 14.4 Å². The molecule has 1 aromatic heterocycles. The van der Waals surface area contributed by atoms with Crippen LogP contribution >= 0.6 is 0 Å². The molecule has 42 heavy (non-hydrogen) atoms. The van der Waals surface area contributed by atoms with Gasteiger partial charge in [-0.2, -0.15) is 0 Å². The number of para-hydroxylation sites is 1. The van der Waals surface area contributed by atoms with E-state index in [2.05, 4.69) is 10.4 Å². The molecule has 14 nitrogen and oxygen atoms in total. The summed E-state index contributed by atoms with van der Waals surface area (Å²) < 4.78 is 8.27. The summed E-state index contributed by atoms with van der Waals surface area (Å²) in [6.07, 6.45) is 1.45. The van der Waals surface area contributed by atoms with Crippen molar-refractivity contribution in [3.8, 4) is 11.4 Å². The summed E-state index contributed by atoms with van der Waals surface area (Å²) in [7, 11) is 3.20. The molecule has 0 atom stereocenters. The fourth-order valence-electron chi connectivity index (χ4n) is 4.45. The molecule has 5 rings (SSSR count). The first-order chi connectivity index (χ1) is 20.1. The molecule has 1 aliphatic rings. The van der Waals surface area contributed by atoms with E-state index in [1.165, 1.54) is 17.9 Å². The molecule has 0 saturated carbocycles. The number of hydrogen-bond donors (Lipinski definition) is 1. The molecule has 0 radical (unpaired) electrons. The first kappa shape index (κ1) is 27.5. The Kier molecular flexibility index (Phi) is 7.10. The van der Waals surface area contributed by atoms with Crippen LogP contribution in [0.5, 0.6) is 5.75 Å². The van der Waals surface area contributed by atoms with Crippen molar-refractivity contribution >= 4 is 40.1 Å². The van der Waals surface area contributed by atoms with Crippen LogP contribution < -0.4 is 15.7 Å².